The minimum atomic E-state index is -0.299. The number of hydrogen-bond donors (Lipinski definition) is 3. The average Bonchev–Trinajstić information content (AvgIpc) is 2.32. The van der Waals surface area contributed by atoms with Crippen LogP contribution in [0.4, 0.5) is 0 Å². The molecule has 1 aromatic rings. The minimum Gasteiger partial charge on any atom is -0.508 e. The second-order valence-electron chi connectivity index (χ2n) is 4.44. The number of carbonyl (C=O) groups excluding carboxylic acids is 1. The summed E-state index contributed by atoms with van der Waals surface area (Å²) >= 11 is 0. The average molecular weight is 252 g/mol. The van der Waals surface area contributed by atoms with Gasteiger partial charge in [0.25, 0.3) is 5.91 Å². The zero-order valence-electron chi connectivity index (χ0n) is 10.8. The number of rotatable bonds is 5. The van der Waals surface area contributed by atoms with Crippen molar-refractivity contribution < 1.29 is 15.0 Å². The van der Waals surface area contributed by atoms with Crippen molar-refractivity contribution in [2.45, 2.75) is 26.3 Å². The van der Waals surface area contributed by atoms with Gasteiger partial charge in [-0.25, -0.2) is 0 Å². The van der Waals surface area contributed by atoms with E-state index in [-0.39, 0.29) is 29.0 Å². The summed E-state index contributed by atoms with van der Waals surface area (Å²) in [7, 11) is 0. The lowest BCUT2D eigenvalue weighted by atomic mass is 10.1. The smallest absolute Gasteiger partial charge is 0.257 e. The predicted molar refractivity (Wildman–Crippen MR) is 69.6 cm³/mol. The summed E-state index contributed by atoms with van der Waals surface area (Å²) in [4.78, 5) is 13.9. The highest BCUT2D eigenvalue weighted by atomic mass is 16.3. The van der Waals surface area contributed by atoms with E-state index in [0.29, 0.717) is 19.5 Å². The summed E-state index contributed by atoms with van der Waals surface area (Å²) < 4.78 is 0. The topological polar surface area (TPSA) is 86.8 Å². The van der Waals surface area contributed by atoms with Gasteiger partial charge in [0.05, 0.1) is 5.56 Å². The monoisotopic (exact) mass is 252 g/mol. The van der Waals surface area contributed by atoms with Gasteiger partial charge in [0.2, 0.25) is 0 Å². The summed E-state index contributed by atoms with van der Waals surface area (Å²) in [6, 6.07) is 3.93. The number of nitrogens with zero attached hydrogens (tertiary/aromatic N) is 1. The number of aromatic hydroxyl groups is 2. The van der Waals surface area contributed by atoms with Gasteiger partial charge in [-0.15, -0.1) is 0 Å². The SMILES string of the molecule is CC(C)N(CCCN)C(=O)c1cc(O)ccc1O. The van der Waals surface area contributed by atoms with Gasteiger partial charge < -0.3 is 20.8 Å². The first-order valence-corrected chi connectivity index (χ1v) is 6.00. The summed E-state index contributed by atoms with van der Waals surface area (Å²) in [5, 5.41) is 19.1. The molecule has 1 aromatic carbocycles. The molecule has 0 aliphatic rings. The Hall–Kier alpha value is -1.75. The lowest BCUT2D eigenvalue weighted by Gasteiger charge is -2.27. The van der Waals surface area contributed by atoms with Crippen LogP contribution in [0.3, 0.4) is 0 Å². The van der Waals surface area contributed by atoms with Gasteiger partial charge in [0.15, 0.2) is 0 Å². The van der Waals surface area contributed by atoms with E-state index in [1.165, 1.54) is 18.2 Å². The van der Waals surface area contributed by atoms with Gasteiger partial charge in [-0.3, -0.25) is 4.79 Å². The van der Waals surface area contributed by atoms with Gasteiger partial charge in [-0.1, -0.05) is 0 Å². The van der Waals surface area contributed by atoms with E-state index in [2.05, 4.69) is 0 Å². The second kappa shape index (κ2) is 6.26. The van der Waals surface area contributed by atoms with Crippen LogP contribution in [0.2, 0.25) is 0 Å². The third-order valence-electron chi connectivity index (χ3n) is 2.70. The Kier molecular flexibility index (Phi) is 4.97. The van der Waals surface area contributed by atoms with E-state index in [9.17, 15) is 15.0 Å². The van der Waals surface area contributed by atoms with Gasteiger partial charge in [-0.2, -0.15) is 0 Å². The molecule has 100 valence electrons. The standard InChI is InChI=1S/C13H20N2O3/c1-9(2)15(7-3-6-14)13(18)11-8-10(16)4-5-12(11)17/h4-5,8-9,16-17H,3,6-7,14H2,1-2H3. The van der Waals surface area contributed by atoms with E-state index in [4.69, 9.17) is 5.73 Å². The van der Waals surface area contributed by atoms with Crippen LogP contribution in [0.15, 0.2) is 18.2 Å². The molecule has 0 saturated carbocycles. The summed E-state index contributed by atoms with van der Waals surface area (Å²) in [5.41, 5.74) is 5.55. The molecule has 1 rings (SSSR count). The maximum atomic E-state index is 12.3. The van der Waals surface area contributed by atoms with Crippen molar-refractivity contribution in [1.82, 2.24) is 4.90 Å². The molecule has 0 aliphatic heterocycles. The predicted octanol–water partition coefficient (Wildman–Crippen LogP) is 1.30. The lowest BCUT2D eigenvalue weighted by Crippen LogP contribution is -2.38. The Balaban J connectivity index is 2.98. The first-order chi connectivity index (χ1) is 8.47. The highest BCUT2D eigenvalue weighted by molar-refractivity contribution is 5.97. The quantitative estimate of drug-likeness (QED) is 0.689. The molecule has 0 radical (unpaired) electrons. The Morgan fingerprint density at radius 2 is 2.06 bits per heavy atom. The molecule has 0 unspecified atom stereocenters. The van der Waals surface area contributed by atoms with Crippen molar-refractivity contribution in [2.75, 3.05) is 13.1 Å². The zero-order valence-corrected chi connectivity index (χ0v) is 10.8. The maximum Gasteiger partial charge on any atom is 0.257 e. The molecule has 18 heavy (non-hydrogen) atoms. The maximum absolute atomic E-state index is 12.3. The molecule has 1 amide bonds. The van der Waals surface area contributed by atoms with Crippen molar-refractivity contribution in [2.24, 2.45) is 5.73 Å². The van der Waals surface area contributed by atoms with E-state index in [0.717, 1.165) is 0 Å². The number of phenols is 2. The Morgan fingerprint density at radius 3 is 2.61 bits per heavy atom. The molecule has 0 aliphatic carbocycles. The number of amides is 1. The Labute approximate surface area is 107 Å². The van der Waals surface area contributed by atoms with Crippen LogP contribution in [-0.4, -0.2) is 40.2 Å². The van der Waals surface area contributed by atoms with E-state index in [1.54, 1.807) is 4.90 Å². The van der Waals surface area contributed by atoms with Crippen LogP contribution in [0.5, 0.6) is 11.5 Å². The van der Waals surface area contributed by atoms with Crippen molar-refractivity contribution in [3.63, 3.8) is 0 Å². The number of benzene rings is 1. The van der Waals surface area contributed by atoms with E-state index >= 15 is 0 Å². The second-order valence-corrected chi connectivity index (χ2v) is 4.44. The van der Waals surface area contributed by atoms with E-state index in [1.807, 2.05) is 13.8 Å². The van der Waals surface area contributed by atoms with Gasteiger partial charge in [0, 0.05) is 12.6 Å². The van der Waals surface area contributed by atoms with Crippen LogP contribution in [0.25, 0.3) is 0 Å². The third kappa shape index (κ3) is 3.37. The molecule has 4 N–H and O–H groups in total. The molecule has 5 heteroatoms. The van der Waals surface area contributed by atoms with Crippen molar-refractivity contribution in [3.05, 3.63) is 23.8 Å². The molecular formula is C13H20N2O3. The highest BCUT2D eigenvalue weighted by Gasteiger charge is 2.21. The number of carbonyl (C=O) groups is 1. The number of phenolic OH excluding ortho intramolecular Hbond substituents is 2. The Bertz CT molecular complexity index is 419. The fourth-order valence-corrected chi connectivity index (χ4v) is 1.71. The van der Waals surface area contributed by atoms with Crippen LogP contribution in [-0.2, 0) is 0 Å². The molecule has 0 aromatic heterocycles. The van der Waals surface area contributed by atoms with Crippen molar-refractivity contribution in [1.29, 1.82) is 0 Å². The highest BCUT2D eigenvalue weighted by Crippen LogP contribution is 2.24. The van der Waals surface area contributed by atoms with Crippen LogP contribution in [0, 0.1) is 0 Å². The fraction of sp³-hybridized carbons (Fsp3) is 0.462. The first kappa shape index (κ1) is 14.3. The third-order valence-corrected chi connectivity index (χ3v) is 2.70. The molecule has 0 spiro atoms. The lowest BCUT2D eigenvalue weighted by molar-refractivity contribution is 0.0701. The first-order valence-electron chi connectivity index (χ1n) is 6.00. The molecule has 5 nitrogen and oxygen atoms in total. The largest absolute Gasteiger partial charge is 0.508 e. The van der Waals surface area contributed by atoms with Gasteiger partial charge >= 0.3 is 0 Å². The van der Waals surface area contributed by atoms with Gasteiger partial charge in [-0.05, 0) is 45.0 Å². The minimum absolute atomic E-state index is 0.00537. The van der Waals surface area contributed by atoms with E-state index < -0.39 is 0 Å². The number of nitrogens with two attached hydrogens (primary N) is 1. The summed E-state index contributed by atoms with van der Waals surface area (Å²) in [5.74, 6) is -0.471. The summed E-state index contributed by atoms with van der Waals surface area (Å²) in [6.07, 6.45) is 0.698. The molecule has 0 heterocycles. The normalized spacial score (nSPS) is 10.7. The molecule has 0 atom stereocenters. The fourth-order valence-electron chi connectivity index (χ4n) is 1.71. The molecular weight excluding hydrogens is 232 g/mol. The molecule has 0 saturated heterocycles. The summed E-state index contributed by atoms with van der Waals surface area (Å²) in [6.45, 7) is 4.83. The molecule has 0 bridgehead atoms. The Morgan fingerprint density at radius 1 is 1.39 bits per heavy atom. The van der Waals surface area contributed by atoms with Crippen LogP contribution >= 0.6 is 0 Å². The zero-order chi connectivity index (χ0) is 13.7. The van der Waals surface area contributed by atoms with Crippen LogP contribution < -0.4 is 5.73 Å². The van der Waals surface area contributed by atoms with Crippen molar-refractivity contribution in [3.8, 4) is 11.5 Å². The van der Waals surface area contributed by atoms with Gasteiger partial charge in [0.1, 0.15) is 11.5 Å². The van der Waals surface area contributed by atoms with Crippen molar-refractivity contribution >= 4 is 5.91 Å². The van der Waals surface area contributed by atoms with Crippen LogP contribution in [0.1, 0.15) is 30.6 Å². The molecule has 0 fully saturated rings. The number of hydrogen-bond acceptors (Lipinski definition) is 4.